The lowest BCUT2D eigenvalue weighted by Gasteiger charge is -2.22. The number of aromatic nitrogens is 1. The zero-order chi connectivity index (χ0) is 16.8. The van der Waals surface area contributed by atoms with Crippen molar-refractivity contribution in [2.24, 2.45) is 0 Å². The van der Waals surface area contributed by atoms with Crippen molar-refractivity contribution < 1.29 is 9.53 Å². The van der Waals surface area contributed by atoms with Gasteiger partial charge in [-0.1, -0.05) is 25.1 Å². The van der Waals surface area contributed by atoms with Crippen LogP contribution in [0.1, 0.15) is 49.4 Å². The monoisotopic (exact) mass is 325 g/mol. The lowest BCUT2D eigenvalue weighted by atomic mass is 10.0. The van der Waals surface area contributed by atoms with Crippen molar-refractivity contribution in [1.82, 2.24) is 15.6 Å². The number of benzene rings is 1. The average Bonchev–Trinajstić information content (AvgIpc) is 2.83. The molecule has 0 radical (unpaired) electrons. The predicted octanol–water partition coefficient (Wildman–Crippen LogP) is 3.75. The molecule has 2 heterocycles. The average molecular weight is 325 g/mol. The number of nitrogens with zero attached hydrogens (tertiary/aromatic N) is 1. The molecule has 126 valence electrons. The van der Waals surface area contributed by atoms with Gasteiger partial charge in [0, 0.05) is 18.0 Å². The van der Waals surface area contributed by atoms with Crippen molar-refractivity contribution in [2.45, 2.75) is 38.3 Å². The first-order valence-corrected chi connectivity index (χ1v) is 8.46. The lowest BCUT2D eigenvalue weighted by molar-refractivity contribution is 0.232. The number of fused-ring (bicyclic) bond motifs is 1. The molecule has 0 saturated carbocycles. The van der Waals surface area contributed by atoms with E-state index in [9.17, 15) is 4.79 Å². The largest absolute Gasteiger partial charge is 0.493 e. The maximum atomic E-state index is 12.5. The Kier molecular flexibility index (Phi) is 5.31. The minimum atomic E-state index is -0.152. The quantitative estimate of drug-likeness (QED) is 0.900. The molecule has 2 atom stereocenters. The number of rotatable bonds is 4. The van der Waals surface area contributed by atoms with E-state index in [0.717, 1.165) is 36.1 Å². The van der Waals surface area contributed by atoms with Crippen molar-refractivity contribution in [3.63, 3.8) is 0 Å². The van der Waals surface area contributed by atoms with Crippen LogP contribution in [0.3, 0.4) is 0 Å². The van der Waals surface area contributed by atoms with Gasteiger partial charge >= 0.3 is 6.03 Å². The van der Waals surface area contributed by atoms with Gasteiger partial charge < -0.3 is 15.4 Å². The zero-order valence-corrected chi connectivity index (χ0v) is 13.9. The van der Waals surface area contributed by atoms with Crippen LogP contribution in [0.2, 0.25) is 0 Å². The number of hydrogen-bond donors (Lipinski definition) is 2. The molecular weight excluding hydrogens is 302 g/mol. The van der Waals surface area contributed by atoms with E-state index in [1.54, 1.807) is 12.4 Å². The van der Waals surface area contributed by atoms with E-state index in [1.165, 1.54) is 0 Å². The van der Waals surface area contributed by atoms with E-state index in [4.69, 9.17) is 4.74 Å². The van der Waals surface area contributed by atoms with Crippen LogP contribution in [0.15, 0.2) is 48.8 Å². The molecule has 1 aromatic heterocycles. The molecule has 0 bridgehead atoms. The highest BCUT2D eigenvalue weighted by Gasteiger charge is 2.22. The van der Waals surface area contributed by atoms with E-state index >= 15 is 0 Å². The zero-order valence-electron chi connectivity index (χ0n) is 13.9. The topological polar surface area (TPSA) is 63.2 Å². The highest BCUT2D eigenvalue weighted by molar-refractivity contribution is 5.75. The molecule has 3 rings (SSSR count). The molecule has 0 saturated heterocycles. The normalized spacial score (nSPS) is 17.8. The van der Waals surface area contributed by atoms with Gasteiger partial charge in [0.25, 0.3) is 0 Å². The van der Waals surface area contributed by atoms with Crippen LogP contribution in [-0.2, 0) is 0 Å². The van der Waals surface area contributed by atoms with Gasteiger partial charge in [-0.2, -0.15) is 0 Å². The van der Waals surface area contributed by atoms with E-state index < -0.39 is 0 Å². The standard InChI is InChI=1S/C19H23N3O2/c1-2-16(14-9-11-20-12-10-14)21-19(23)22-17-7-5-13-24-18-8-4-3-6-15(17)18/h3-4,6,8-12,16-17H,2,5,7,13H2,1H3,(H2,21,22,23)/t16-,17-/m1/s1. The SMILES string of the molecule is CC[C@@H](NC(=O)N[C@@H]1CCCOc2ccccc21)c1ccncc1. The number of ether oxygens (including phenoxy) is 1. The second-order valence-corrected chi connectivity index (χ2v) is 5.94. The summed E-state index contributed by atoms with van der Waals surface area (Å²) in [4.78, 5) is 16.5. The highest BCUT2D eigenvalue weighted by atomic mass is 16.5. The number of carbonyl (C=O) groups is 1. The summed E-state index contributed by atoms with van der Waals surface area (Å²) >= 11 is 0. The molecule has 0 aliphatic carbocycles. The van der Waals surface area contributed by atoms with Crippen LogP contribution in [0.4, 0.5) is 4.79 Å². The molecule has 1 aliphatic heterocycles. The fourth-order valence-corrected chi connectivity index (χ4v) is 3.05. The molecule has 5 heteroatoms. The third-order valence-corrected chi connectivity index (χ3v) is 4.32. The van der Waals surface area contributed by atoms with E-state index in [1.807, 2.05) is 36.4 Å². The van der Waals surface area contributed by atoms with E-state index in [0.29, 0.717) is 6.61 Å². The maximum Gasteiger partial charge on any atom is 0.315 e. The van der Waals surface area contributed by atoms with Gasteiger partial charge in [0.05, 0.1) is 18.7 Å². The third-order valence-electron chi connectivity index (χ3n) is 4.32. The van der Waals surface area contributed by atoms with Gasteiger partial charge in [0.15, 0.2) is 0 Å². The van der Waals surface area contributed by atoms with Crippen LogP contribution < -0.4 is 15.4 Å². The van der Waals surface area contributed by atoms with Crippen molar-refractivity contribution >= 4 is 6.03 Å². The Morgan fingerprint density at radius 2 is 2.08 bits per heavy atom. The second-order valence-electron chi connectivity index (χ2n) is 5.94. The first kappa shape index (κ1) is 16.3. The fraction of sp³-hybridized carbons (Fsp3) is 0.368. The summed E-state index contributed by atoms with van der Waals surface area (Å²) in [5.74, 6) is 0.862. The summed E-state index contributed by atoms with van der Waals surface area (Å²) in [6.07, 6.45) is 6.10. The summed E-state index contributed by atoms with van der Waals surface area (Å²) in [6.45, 7) is 2.74. The first-order chi connectivity index (χ1) is 11.8. The van der Waals surface area contributed by atoms with Crippen molar-refractivity contribution in [2.75, 3.05) is 6.61 Å². The van der Waals surface area contributed by atoms with Crippen LogP contribution >= 0.6 is 0 Å². The smallest absolute Gasteiger partial charge is 0.315 e. The van der Waals surface area contributed by atoms with Gasteiger partial charge in [0.2, 0.25) is 0 Å². The number of hydrogen-bond acceptors (Lipinski definition) is 3. The van der Waals surface area contributed by atoms with Gasteiger partial charge in [-0.3, -0.25) is 4.98 Å². The van der Waals surface area contributed by atoms with Gasteiger partial charge in [-0.25, -0.2) is 4.79 Å². The number of carbonyl (C=O) groups excluding carboxylic acids is 1. The molecule has 0 spiro atoms. The van der Waals surface area contributed by atoms with Crippen molar-refractivity contribution in [3.8, 4) is 5.75 Å². The van der Waals surface area contributed by atoms with Crippen molar-refractivity contribution in [3.05, 3.63) is 59.9 Å². The summed E-state index contributed by atoms with van der Waals surface area (Å²) < 4.78 is 5.75. The van der Waals surface area contributed by atoms with Gasteiger partial charge in [-0.15, -0.1) is 0 Å². The fourth-order valence-electron chi connectivity index (χ4n) is 3.05. The molecule has 5 nitrogen and oxygen atoms in total. The minimum absolute atomic E-state index is 0.0229. The van der Waals surface area contributed by atoms with Gasteiger partial charge in [0.1, 0.15) is 5.75 Å². The van der Waals surface area contributed by atoms with Crippen LogP contribution in [0.25, 0.3) is 0 Å². The molecule has 1 aromatic carbocycles. The predicted molar refractivity (Wildman–Crippen MR) is 92.8 cm³/mol. The third kappa shape index (κ3) is 3.85. The van der Waals surface area contributed by atoms with Crippen LogP contribution in [0.5, 0.6) is 5.75 Å². The number of amides is 2. The molecule has 0 unspecified atom stereocenters. The highest BCUT2D eigenvalue weighted by Crippen LogP contribution is 2.31. The van der Waals surface area contributed by atoms with Gasteiger partial charge in [-0.05, 0) is 43.0 Å². The summed E-state index contributed by atoms with van der Waals surface area (Å²) in [5, 5.41) is 6.17. The second kappa shape index (κ2) is 7.81. The van der Waals surface area contributed by atoms with Crippen molar-refractivity contribution in [1.29, 1.82) is 0 Å². The summed E-state index contributed by atoms with van der Waals surface area (Å²) in [5.41, 5.74) is 2.11. The Morgan fingerprint density at radius 1 is 1.29 bits per heavy atom. The minimum Gasteiger partial charge on any atom is -0.493 e. The molecular formula is C19H23N3O2. The Labute approximate surface area is 142 Å². The van der Waals surface area contributed by atoms with Crippen LogP contribution in [0, 0.1) is 0 Å². The molecule has 2 amide bonds. The lowest BCUT2D eigenvalue weighted by Crippen LogP contribution is -2.39. The Bertz CT molecular complexity index is 675. The molecule has 0 fully saturated rings. The summed E-state index contributed by atoms with van der Waals surface area (Å²) in [6, 6.07) is 11.6. The molecule has 1 aliphatic rings. The Morgan fingerprint density at radius 3 is 2.88 bits per heavy atom. The molecule has 2 N–H and O–H groups in total. The number of para-hydroxylation sites is 1. The maximum absolute atomic E-state index is 12.5. The van der Waals surface area contributed by atoms with E-state index in [2.05, 4.69) is 22.5 Å². The summed E-state index contributed by atoms with van der Waals surface area (Å²) in [7, 11) is 0. The number of urea groups is 1. The Hall–Kier alpha value is -2.56. The molecule has 2 aromatic rings. The van der Waals surface area contributed by atoms with E-state index in [-0.39, 0.29) is 18.1 Å². The first-order valence-electron chi connectivity index (χ1n) is 8.46. The Balaban J connectivity index is 1.68. The number of pyridine rings is 1. The number of nitrogens with one attached hydrogen (secondary N) is 2. The molecule has 24 heavy (non-hydrogen) atoms. The van der Waals surface area contributed by atoms with Crippen LogP contribution in [-0.4, -0.2) is 17.6 Å².